The van der Waals surface area contributed by atoms with Crippen LogP contribution in [-0.2, 0) is 14.3 Å². The summed E-state index contributed by atoms with van der Waals surface area (Å²) in [5, 5.41) is 12.6. The summed E-state index contributed by atoms with van der Waals surface area (Å²) in [6.07, 6.45) is 3.22. The molecule has 2 aromatic rings. The van der Waals surface area contributed by atoms with Crippen LogP contribution in [0.1, 0.15) is 49.1 Å². The van der Waals surface area contributed by atoms with Crippen LogP contribution >= 0.6 is 0 Å². The fraction of sp³-hybridized carbons (Fsp3) is 0.444. The van der Waals surface area contributed by atoms with Crippen molar-refractivity contribution in [1.82, 2.24) is 10.2 Å². The van der Waals surface area contributed by atoms with Gasteiger partial charge in [0.05, 0.1) is 0 Å². The number of carboxylic acids is 1. The number of carbonyl (C=O) groups is 3. The Morgan fingerprint density at radius 3 is 2.26 bits per heavy atom. The normalized spacial score (nSPS) is 25.9. The molecule has 2 saturated carbocycles. The van der Waals surface area contributed by atoms with E-state index in [-0.39, 0.29) is 30.3 Å². The summed E-state index contributed by atoms with van der Waals surface area (Å²) in [7, 11) is 0. The Balaban J connectivity index is 1.14. The molecule has 4 aliphatic rings. The lowest BCUT2D eigenvalue weighted by Crippen LogP contribution is -2.54. The topological polar surface area (TPSA) is 95.9 Å². The summed E-state index contributed by atoms with van der Waals surface area (Å²) in [6, 6.07) is 15.5. The lowest BCUT2D eigenvalue weighted by atomic mass is 9.94. The third-order valence-corrected chi connectivity index (χ3v) is 8.25. The van der Waals surface area contributed by atoms with Crippen molar-refractivity contribution in [3.05, 3.63) is 59.7 Å². The van der Waals surface area contributed by atoms with Crippen molar-refractivity contribution in [3.63, 3.8) is 0 Å². The Morgan fingerprint density at radius 2 is 1.65 bits per heavy atom. The number of alkyl carbamates (subject to hydrolysis) is 1. The SMILES string of the molecule is O=C(NC1(C(=O)N2CC3CCCC3C2C(=O)O)CC1)OCC1c2ccccc2-c2ccccc21. The van der Waals surface area contributed by atoms with Crippen LogP contribution in [0.5, 0.6) is 0 Å². The number of hydrogen-bond donors (Lipinski definition) is 2. The third kappa shape index (κ3) is 3.29. The highest BCUT2D eigenvalue weighted by molar-refractivity contribution is 5.95. The van der Waals surface area contributed by atoms with Crippen LogP contribution in [-0.4, -0.2) is 52.7 Å². The van der Waals surface area contributed by atoms with Gasteiger partial charge >= 0.3 is 12.1 Å². The van der Waals surface area contributed by atoms with E-state index in [9.17, 15) is 19.5 Å². The van der Waals surface area contributed by atoms with Gasteiger partial charge in [-0.25, -0.2) is 9.59 Å². The average molecular weight is 461 g/mol. The van der Waals surface area contributed by atoms with Gasteiger partial charge in [0.2, 0.25) is 5.91 Å². The Hall–Kier alpha value is -3.35. The molecule has 176 valence electrons. The van der Waals surface area contributed by atoms with Crippen LogP contribution in [0.4, 0.5) is 4.79 Å². The van der Waals surface area contributed by atoms with Gasteiger partial charge in [0.1, 0.15) is 18.2 Å². The number of amides is 2. The highest BCUT2D eigenvalue weighted by Gasteiger charge is 2.59. The maximum absolute atomic E-state index is 13.4. The summed E-state index contributed by atoms with van der Waals surface area (Å²) >= 11 is 0. The number of nitrogens with one attached hydrogen (secondary N) is 1. The predicted octanol–water partition coefficient (Wildman–Crippen LogP) is 3.77. The smallest absolute Gasteiger partial charge is 0.408 e. The Labute approximate surface area is 198 Å². The molecule has 3 unspecified atom stereocenters. The molecule has 34 heavy (non-hydrogen) atoms. The fourth-order valence-corrected chi connectivity index (χ4v) is 6.45. The van der Waals surface area contributed by atoms with E-state index in [4.69, 9.17) is 4.74 Å². The third-order valence-electron chi connectivity index (χ3n) is 8.25. The van der Waals surface area contributed by atoms with Crippen molar-refractivity contribution in [2.24, 2.45) is 11.8 Å². The van der Waals surface area contributed by atoms with Gasteiger partial charge in [0.15, 0.2) is 0 Å². The maximum atomic E-state index is 13.4. The molecule has 7 heteroatoms. The van der Waals surface area contributed by atoms with Gasteiger partial charge in [-0.05, 0) is 59.8 Å². The Kier molecular flexibility index (Phi) is 4.90. The molecular formula is C27H28N2O5. The number of ether oxygens (including phenoxy) is 1. The molecule has 0 aromatic heterocycles. The van der Waals surface area contributed by atoms with Gasteiger partial charge < -0.3 is 20.1 Å². The molecule has 0 radical (unpaired) electrons. The lowest BCUT2D eigenvalue weighted by Gasteiger charge is -2.29. The first kappa shape index (κ1) is 21.2. The minimum absolute atomic E-state index is 0.0201. The van der Waals surface area contributed by atoms with Gasteiger partial charge in [-0.3, -0.25) is 4.79 Å². The number of benzene rings is 2. The van der Waals surface area contributed by atoms with Gasteiger partial charge in [0, 0.05) is 12.5 Å². The van der Waals surface area contributed by atoms with Crippen molar-refractivity contribution in [1.29, 1.82) is 0 Å². The van der Waals surface area contributed by atoms with Crippen LogP contribution in [0.15, 0.2) is 48.5 Å². The fourth-order valence-electron chi connectivity index (χ4n) is 6.45. The highest BCUT2D eigenvalue weighted by atomic mass is 16.5. The van der Waals surface area contributed by atoms with Crippen molar-refractivity contribution >= 4 is 18.0 Å². The first-order valence-corrected chi connectivity index (χ1v) is 12.2. The largest absolute Gasteiger partial charge is 0.480 e. The van der Waals surface area contributed by atoms with E-state index in [1.54, 1.807) is 0 Å². The number of rotatable bonds is 5. The zero-order valence-electron chi connectivity index (χ0n) is 18.9. The van der Waals surface area contributed by atoms with Crippen molar-refractivity contribution in [2.45, 2.75) is 49.6 Å². The van der Waals surface area contributed by atoms with Crippen molar-refractivity contribution in [3.8, 4) is 11.1 Å². The van der Waals surface area contributed by atoms with E-state index < -0.39 is 23.6 Å². The molecule has 0 bridgehead atoms. The summed E-state index contributed by atoms with van der Waals surface area (Å²) < 4.78 is 5.64. The van der Waals surface area contributed by atoms with E-state index in [0.717, 1.165) is 41.5 Å². The van der Waals surface area contributed by atoms with Crippen LogP contribution in [0.2, 0.25) is 0 Å². The molecule has 2 amide bonds. The summed E-state index contributed by atoms with van der Waals surface area (Å²) in [4.78, 5) is 39.7. The number of fused-ring (bicyclic) bond motifs is 4. The molecular weight excluding hydrogens is 432 g/mol. The average Bonchev–Trinajstić information content (AvgIpc) is 3.17. The summed E-state index contributed by atoms with van der Waals surface area (Å²) in [5.74, 6) is -1.01. The second-order valence-electron chi connectivity index (χ2n) is 10.1. The van der Waals surface area contributed by atoms with Crippen LogP contribution in [0, 0.1) is 11.8 Å². The minimum atomic E-state index is -1.03. The molecule has 3 aliphatic carbocycles. The predicted molar refractivity (Wildman–Crippen MR) is 124 cm³/mol. The van der Waals surface area contributed by atoms with Gasteiger partial charge in [0.25, 0.3) is 0 Å². The van der Waals surface area contributed by atoms with Crippen LogP contribution in [0.25, 0.3) is 11.1 Å². The van der Waals surface area contributed by atoms with E-state index in [1.165, 1.54) is 4.90 Å². The first-order valence-electron chi connectivity index (χ1n) is 12.2. The standard InChI is InChI=1S/C27H28N2O5/c30-24(31)23-17-11-5-6-16(17)14-29(23)25(32)27(12-13-27)28-26(33)34-15-22-20-9-3-1-7-18(20)19-8-2-4-10-21(19)22/h1-4,7-10,16-17,22-23H,5-6,11-15H2,(H,28,33)(H,30,31). The lowest BCUT2D eigenvalue weighted by molar-refractivity contribution is -0.150. The second-order valence-corrected chi connectivity index (χ2v) is 10.1. The van der Waals surface area contributed by atoms with Gasteiger partial charge in [-0.2, -0.15) is 0 Å². The molecule has 2 aromatic carbocycles. The van der Waals surface area contributed by atoms with E-state index in [1.807, 2.05) is 24.3 Å². The van der Waals surface area contributed by atoms with E-state index in [2.05, 4.69) is 29.6 Å². The first-order chi connectivity index (χ1) is 16.5. The molecule has 7 nitrogen and oxygen atoms in total. The Morgan fingerprint density at radius 1 is 1.00 bits per heavy atom. The number of nitrogens with zero attached hydrogens (tertiary/aromatic N) is 1. The molecule has 1 aliphatic heterocycles. The van der Waals surface area contributed by atoms with Gasteiger partial charge in [-0.1, -0.05) is 55.0 Å². The van der Waals surface area contributed by atoms with E-state index >= 15 is 0 Å². The highest BCUT2D eigenvalue weighted by Crippen LogP contribution is 2.47. The molecule has 1 heterocycles. The maximum Gasteiger partial charge on any atom is 0.408 e. The Bertz CT molecular complexity index is 1130. The van der Waals surface area contributed by atoms with Crippen LogP contribution in [0.3, 0.4) is 0 Å². The monoisotopic (exact) mass is 460 g/mol. The molecule has 6 rings (SSSR count). The number of aliphatic carboxylic acids is 1. The molecule has 2 N–H and O–H groups in total. The summed E-state index contributed by atoms with van der Waals surface area (Å²) in [5.41, 5.74) is 3.53. The van der Waals surface area contributed by atoms with Crippen molar-refractivity contribution in [2.75, 3.05) is 13.2 Å². The van der Waals surface area contributed by atoms with Crippen LogP contribution < -0.4 is 5.32 Å². The number of hydrogen-bond acceptors (Lipinski definition) is 4. The molecule has 3 fully saturated rings. The van der Waals surface area contributed by atoms with Gasteiger partial charge in [-0.15, -0.1) is 0 Å². The zero-order chi connectivity index (χ0) is 23.4. The molecule has 3 atom stereocenters. The number of carbonyl (C=O) groups excluding carboxylic acids is 2. The minimum Gasteiger partial charge on any atom is -0.480 e. The zero-order valence-corrected chi connectivity index (χ0v) is 18.9. The molecule has 0 spiro atoms. The number of likely N-dealkylation sites (tertiary alicyclic amines) is 1. The summed E-state index contributed by atoms with van der Waals surface area (Å²) in [6.45, 7) is 0.643. The molecule has 1 saturated heterocycles. The quantitative estimate of drug-likeness (QED) is 0.708. The second kappa shape index (κ2) is 7.86. The van der Waals surface area contributed by atoms with Crippen molar-refractivity contribution < 1.29 is 24.2 Å². The van der Waals surface area contributed by atoms with E-state index in [0.29, 0.717) is 19.4 Å². The number of carboxylic acid groups (broad SMARTS) is 1.